The molecule has 11 nitrogen and oxygen atoms in total. The SMILES string of the molecule is C=C(C)C[C@H](OC)[C@H](O)C(=O)NC[C@@H]1C[C@@H](O)C2(C)C[C@@H]([C@H]3Cc4c(C)c(O)cc(O)c4C(=O)O3)[C@@H](O)C[C@H]2O1. The van der Waals surface area contributed by atoms with Crippen molar-refractivity contribution >= 4 is 11.9 Å². The van der Waals surface area contributed by atoms with Gasteiger partial charge in [-0.15, -0.1) is 6.58 Å². The van der Waals surface area contributed by atoms with Crippen LogP contribution in [-0.2, 0) is 25.4 Å². The van der Waals surface area contributed by atoms with Crippen LogP contribution >= 0.6 is 0 Å². The number of hydrogen-bond donors (Lipinski definition) is 6. The Labute approximate surface area is 233 Å². The zero-order valence-electron chi connectivity index (χ0n) is 23.4. The van der Waals surface area contributed by atoms with Gasteiger partial charge in [0.2, 0.25) is 0 Å². The number of phenols is 2. The van der Waals surface area contributed by atoms with E-state index in [1.54, 1.807) is 13.8 Å². The van der Waals surface area contributed by atoms with E-state index in [-0.39, 0.29) is 42.9 Å². The number of carbonyl (C=O) groups excluding carboxylic acids is 2. The van der Waals surface area contributed by atoms with Crippen LogP contribution in [-0.4, -0.2) is 93.8 Å². The second-order valence-electron chi connectivity index (χ2n) is 11.8. The number of aromatic hydroxyl groups is 2. The molecule has 1 aromatic carbocycles. The Bertz CT molecular complexity index is 1150. The predicted octanol–water partition coefficient (Wildman–Crippen LogP) is 1.24. The van der Waals surface area contributed by atoms with Crippen LogP contribution in [0.4, 0.5) is 0 Å². The number of ether oxygens (including phenoxy) is 3. The number of rotatable bonds is 8. The molecule has 2 heterocycles. The number of amides is 1. The molecule has 1 saturated carbocycles. The molecule has 1 unspecified atom stereocenters. The molecule has 2 aliphatic heterocycles. The van der Waals surface area contributed by atoms with Gasteiger partial charge in [-0.25, -0.2) is 4.79 Å². The fourth-order valence-corrected chi connectivity index (χ4v) is 6.44. The van der Waals surface area contributed by atoms with Crippen LogP contribution in [0.2, 0.25) is 0 Å². The van der Waals surface area contributed by atoms with E-state index in [1.807, 2.05) is 6.92 Å². The summed E-state index contributed by atoms with van der Waals surface area (Å²) in [7, 11) is 1.41. The van der Waals surface area contributed by atoms with Crippen molar-refractivity contribution in [3.8, 4) is 11.5 Å². The molecular formula is C29H41NO10. The smallest absolute Gasteiger partial charge is 0.342 e. The summed E-state index contributed by atoms with van der Waals surface area (Å²) in [6.07, 6.45) is -4.39. The van der Waals surface area contributed by atoms with Gasteiger partial charge in [0.1, 0.15) is 23.2 Å². The van der Waals surface area contributed by atoms with E-state index in [9.17, 15) is 35.1 Å². The van der Waals surface area contributed by atoms with Gasteiger partial charge in [-0.1, -0.05) is 12.5 Å². The second kappa shape index (κ2) is 11.7. The van der Waals surface area contributed by atoms with Crippen LogP contribution in [0.3, 0.4) is 0 Å². The van der Waals surface area contributed by atoms with Gasteiger partial charge in [-0.2, -0.15) is 0 Å². The first-order valence-corrected chi connectivity index (χ1v) is 13.7. The Morgan fingerprint density at radius 2 is 1.98 bits per heavy atom. The number of methoxy groups -OCH3 is 1. The molecular weight excluding hydrogens is 522 g/mol. The van der Waals surface area contributed by atoms with E-state index in [0.29, 0.717) is 24.0 Å². The van der Waals surface area contributed by atoms with Gasteiger partial charge in [0.05, 0.1) is 30.5 Å². The maximum absolute atomic E-state index is 12.8. The summed E-state index contributed by atoms with van der Waals surface area (Å²) in [5.74, 6) is -2.32. The number of fused-ring (bicyclic) bond motifs is 2. The van der Waals surface area contributed by atoms with Crippen LogP contribution in [0.5, 0.6) is 11.5 Å². The van der Waals surface area contributed by atoms with Gasteiger partial charge in [0, 0.05) is 50.3 Å². The number of carbonyl (C=O) groups is 2. The maximum Gasteiger partial charge on any atom is 0.342 e. The number of cyclic esters (lactones) is 1. The number of aliphatic hydroxyl groups excluding tert-OH is 3. The highest BCUT2D eigenvalue weighted by atomic mass is 16.5. The summed E-state index contributed by atoms with van der Waals surface area (Å²) in [6.45, 7) is 9.16. The summed E-state index contributed by atoms with van der Waals surface area (Å²) in [5, 5.41) is 55.8. The lowest BCUT2D eigenvalue weighted by Crippen LogP contribution is -2.61. The molecule has 1 saturated heterocycles. The molecule has 11 heteroatoms. The van der Waals surface area contributed by atoms with Crippen molar-refractivity contribution in [2.24, 2.45) is 11.3 Å². The molecule has 0 radical (unpaired) electrons. The molecule has 4 rings (SSSR count). The van der Waals surface area contributed by atoms with Crippen molar-refractivity contribution in [3.05, 3.63) is 34.9 Å². The second-order valence-corrected chi connectivity index (χ2v) is 11.8. The van der Waals surface area contributed by atoms with Crippen molar-refractivity contribution in [2.45, 2.75) is 95.6 Å². The molecule has 3 aliphatic rings. The van der Waals surface area contributed by atoms with Gasteiger partial charge in [-0.3, -0.25) is 4.79 Å². The van der Waals surface area contributed by atoms with Gasteiger partial charge in [-0.05, 0) is 37.8 Å². The molecule has 0 aromatic heterocycles. The normalized spacial score (nSPS) is 33.2. The summed E-state index contributed by atoms with van der Waals surface area (Å²) in [5.41, 5.74) is 0.986. The lowest BCUT2D eigenvalue weighted by atomic mass is 9.61. The molecule has 40 heavy (non-hydrogen) atoms. The van der Waals surface area contributed by atoms with E-state index < -0.39 is 65.9 Å². The topological polar surface area (TPSA) is 175 Å². The van der Waals surface area contributed by atoms with Gasteiger partial charge in [0.25, 0.3) is 5.91 Å². The standard InChI is InChI=1S/C29H41NO10/c1-13(2)6-22(38-5)26(35)27(36)30-12-15-7-23(34)29(4)11-17(19(32)10-24(29)39-15)21-8-16-14(3)18(31)9-20(33)25(16)28(37)40-21/h9,15,17,19,21-24,26,31-35H,1,6-8,10-12H2,2-5H3,(H,30,36)/t15-,17+,19-,21+,22-,23+,24+,26-,29?/m0/s1. The largest absolute Gasteiger partial charge is 0.508 e. The third-order valence-electron chi connectivity index (χ3n) is 8.96. The quantitative estimate of drug-likeness (QED) is 0.199. The number of phenolic OH excluding ortho intramolecular Hbond substituents is 2. The predicted molar refractivity (Wildman–Crippen MR) is 143 cm³/mol. The minimum atomic E-state index is -1.39. The summed E-state index contributed by atoms with van der Waals surface area (Å²) in [4.78, 5) is 25.3. The van der Waals surface area contributed by atoms with Crippen molar-refractivity contribution in [3.63, 3.8) is 0 Å². The molecule has 6 N–H and O–H groups in total. The minimum Gasteiger partial charge on any atom is -0.508 e. The minimum absolute atomic E-state index is 0.0217. The van der Waals surface area contributed by atoms with Crippen LogP contribution < -0.4 is 5.32 Å². The van der Waals surface area contributed by atoms with E-state index in [2.05, 4.69) is 11.9 Å². The molecule has 0 spiro atoms. The Balaban J connectivity index is 1.42. The highest BCUT2D eigenvalue weighted by Crippen LogP contribution is 2.50. The highest BCUT2D eigenvalue weighted by molar-refractivity contribution is 5.96. The zero-order valence-corrected chi connectivity index (χ0v) is 23.4. The highest BCUT2D eigenvalue weighted by Gasteiger charge is 2.55. The van der Waals surface area contributed by atoms with Crippen LogP contribution in [0, 0.1) is 18.3 Å². The van der Waals surface area contributed by atoms with Crippen molar-refractivity contribution < 1.29 is 49.3 Å². The molecule has 2 fully saturated rings. The molecule has 222 valence electrons. The molecule has 0 bridgehead atoms. The summed E-state index contributed by atoms with van der Waals surface area (Å²) in [6, 6.07) is 1.12. The zero-order chi connectivity index (χ0) is 29.5. The molecule has 9 atom stereocenters. The number of benzene rings is 1. The Kier molecular flexibility index (Phi) is 8.82. The molecule has 1 aromatic rings. The average Bonchev–Trinajstić information content (AvgIpc) is 2.89. The van der Waals surface area contributed by atoms with E-state index in [4.69, 9.17) is 14.2 Å². The third-order valence-corrected chi connectivity index (χ3v) is 8.96. The van der Waals surface area contributed by atoms with Crippen LogP contribution in [0.25, 0.3) is 0 Å². The van der Waals surface area contributed by atoms with Crippen molar-refractivity contribution in [1.82, 2.24) is 5.32 Å². The van der Waals surface area contributed by atoms with Gasteiger partial charge in [0.15, 0.2) is 6.10 Å². The number of aliphatic hydroxyl groups is 3. The number of nitrogens with one attached hydrogen (secondary N) is 1. The van der Waals surface area contributed by atoms with E-state index >= 15 is 0 Å². The average molecular weight is 564 g/mol. The Morgan fingerprint density at radius 3 is 2.62 bits per heavy atom. The first-order chi connectivity index (χ1) is 18.8. The van der Waals surface area contributed by atoms with Gasteiger partial charge < -0.3 is 45.1 Å². The van der Waals surface area contributed by atoms with Gasteiger partial charge >= 0.3 is 5.97 Å². The Morgan fingerprint density at radius 1 is 1.27 bits per heavy atom. The van der Waals surface area contributed by atoms with Crippen molar-refractivity contribution in [1.29, 1.82) is 0 Å². The van der Waals surface area contributed by atoms with E-state index in [0.717, 1.165) is 11.6 Å². The lowest BCUT2D eigenvalue weighted by Gasteiger charge is -2.54. The van der Waals surface area contributed by atoms with Crippen LogP contribution in [0.15, 0.2) is 18.2 Å². The maximum atomic E-state index is 12.8. The molecule has 1 aliphatic carbocycles. The number of hydrogen-bond acceptors (Lipinski definition) is 10. The van der Waals surface area contributed by atoms with Crippen molar-refractivity contribution in [2.75, 3.05) is 13.7 Å². The first kappa shape index (κ1) is 30.3. The Hall–Kier alpha value is -2.70. The fourth-order valence-electron chi connectivity index (χ4n) is 6.44. The summed E-state index contributed by atoms with van der Waals surface area (Å²) >= 11 is 0. The first-order valence-electron chi connectivity index (χ1n) is 13.7. The monoisotopic (exact) mass is 563 g/mol. The molecule has 1 amide bonds. The van der Waals surface area contributed by atoms with E-state index in [1.165, 1.54) is 7.11 Å². The third kappa shape index (κ3) is 5.71. The fraction of sp³-hybridized carbons (Fsp3) is 0.655. The lowest BCUT2D eigenvalue weighted by molar-refractivity contribution is -0.224. The number of esters is 1. The van der Waals surface area contributed by atoms with Crippen LogP contribution in [0.1, 0.15) is 61.0 Å². The summed E-state index contributed by atoms with van der Waals surface area (Å²) < 4.78 is 17.1.